The number of hydrogen-bond acceptors (Lipinski definition) is 4. The molecule has 0 aliphatic carbocycles. The first-order valence-corrected chi connectivity index (χ1v) is 9.92. The molecule has 6 heteroatoms. The van der Waals surface area contributed by atoms with Gasteiger partial charge in [0.25, 0.3) is 11.8 Å². The van der Waals surface area contributed by atoms with E-state index >= 15 is 0 Å². The van der Waals surface area contributed by atoms with Gasteiger partial charge in [0, 0.05) is 25.3 Å². The molecule has 0 fully saturated rings. The standard InChI is InChI=1S/C24H27N3O3/c1-4-5-6-15-30-22-13-7-18(8-14-22)16-20(17-25)23(28)26-21-11-9-19(10-12-21)24(29)27(2)3/h7-14,16H,4-6,15H2,1-3H3,(H,26,28)/b20-16+. The van der Waals surface area contributed by atoms with Gasteiger partial charge in [-0.1, -0.05) is 31.9 Å². The lowest BCUT2D eigenvalue weighted by Crippen LogP contribution is -2.21. The summed E-state index contributed by atoms with van der Waals surface area (Å²) in [6, 6.07) is 15.7. The third-order valence-corrected chi connectivity index (χ3v) is 4.37. The van der Waals surface area contributed by atoms with E-state index in [4.69, 9.17) is 4.74 Å². The monoisotopic (exact) mass is 405 g/mol. The normalized spacial score (nSPS) is 10.8. The minimum absolute atomic E-state index is 0.0138. The summed E-state index contributed by atoms with van der Waals surface area (Å²) >= 11 is 0. The quantitative estimate of drug-likeness (QED) is 0.378. The van der Waals surface area contributed by atoms with Gasteiger partial charge in [0.1, 0.15) is 17.4 Å². The molecule has 0 saturated heterocycles. The van der Waals surface area contributed by atoms with Crippen LogP contribution in [0.2, 0.25) is 0 Å². The van der Waals surface area contributed by atoms with Crippen molar-refractivity contribution >= 4 is 23.6 Å². The number of anilines is 1. The van der Waals surface area contributed by atoms with Gasteiger partial charge in [-0.3, -0.25) is 9.59 Å². The number of hydrogen-bond donors (Lipinski definition) is 1. The van der Waals surface area contributed by atoms with Crippen molar-refractivity contribution in [2.45, 2.75) is 26.2 Å². The van der Waals surface area contributed by atoms with Crippen molar-refractivity contribution in [3.63, 3.8) is 0 Å². The zero-order valence-corrected chi connectivity index (χ0v) is 17.6. The Hall–Kier alpha value is -3.59. The van der Waals surface area contributed by atoms with Crippen LogP contribution in [0.25, 0.3) is 6.08 Å². The fourth-order valence-electron chi connectivity index (χ4n) is 2.67. The SMILES string of the molecule is CCCCCOc1ccc(/C=C(\C#N)C(=O)Nc2ccc(C(=O)N(C)C)cc2)cc1. The number of nitrogens with zero attached hydrogens (tertiary/aromatic N) is 2. The zero-order chi connectivity index (χ0) is 21.9. The van der Waals surface area contributed by atoms with E-state index in [9.17, 15) is 14.9 Å². The topological polar surface area (TPSA) is 82.4 Å². The first-order chi connectivity index (χ1) is 14.4. The van der Waals surface area contributed by atoms with Crippen molar-refractivity contribution in [2.24, 2.45) is 0 Å². The van der Waals surface area contributed by atoms with Gasteiger partial charge >= 0.3 is 0 Å². The second-order valence-electron chi connectivity index (χ2n) is 7.03. The number of unbranched alkanes of at least 4 members (excludes halogenated alkanes) is 2. The fraction of sp³-hybridized carbons (Fsp3) is 0.292. The largest absolute Gasteiger partial charge is 0.494 e. The van der Waals surface area contributed by atoms with Crippen molar-refractivity contribution < 1.29 is 14.3 Å². The van der Waals surface area contributed by atoms with Crippen LogP contribution in [0.4, 0.5) is 5.69 Å². The number of carbonyl (C=O) groups is 2. The molecule has 0 heterocycles. The van der Waals surface area contributed by atoms with Crippen LogP contribution in [0.3, 0.4) is 0 Å². The predicted octanol–water partition coefficient (Wildman–Crippen LogP) is 4.50. The van der Waals surface area contributed by atoms with Crippen LogP contribution in [-0.4, -0.2) is 37.4 Å². The molecule has 6 nitrogen and oxygen atoms in total. The van der Waals surface area contributed by atoms with E-state index < -0.39 is 5.91 Å². The van der Waals surface area contributed by atoms with Crippen molar-refractivity contribution in [1.82, 2.24) is 4.90 Å². The molecular weight excluding hydrogens is 378 g/mol. The first-order valence-electron chi connectivity index (χ1n) is 9.92. The van der Waals surface area contributed by atoms with Gasteiger partial charge in [-0.2, -0.15) is 5.26 Å². The zero-order valence-electron chi connectivity index (χ0n) is 17.6. The van der Waals surface area contributed by atoms with Gasteiger partial charge in [-0.25, -0.2) is 0 Å². The second kappa shape index (κ2) is 11.4. The van der Waals surface area contributed by atoms with E-state index in [0.717, 1.165) is 30.6 Å². The molecule has 2 rings (SSSR count). The van der Waals surface area contributed by atoms with E-state index in [1.165, 1.54) is 11.0 Å². The van der Waals surface area contributed by atoms with Crippen LogP contribution in [0.1, 0.15) is 42.1 Å². The number of nitriles is 1. The van der Waals surface area contributed by atoms with Crippen LogP contribution in [0, 0.1) is 11.3 Å². The molecule has 0 aromatic heterocycles. The summed E-state index contributed by atoms with van der Waals surface area (Å²) in [4.78, 5) is 25.8. The molecule has 2 aromatic carbocycles. The predicted molar refractivity (Wildman–Crippen MR) is 118 cm³/mol. The average molecular weight is 405 g/mol. The number of benzene rings is 2. The summed E-state index contributed by atoms with van der Waals surface area (Å²) < 4.78 is 5.67. The third-order valence-electron chi connectivity index (χ3n) is 4.37. The van der Waals surface area contributed by atoms with Crippen LogP contribution in [0.15, 0.2) is 54.1 Å². The number of rotatable bonds is 9. The lowest BCUT2D eigenvalue weighted by atomic mass is 10.1. The molecular formula is C24H27N3O3. The molecule has 0 saturated carbocycles. The molecule has 0 unspecified atom stereocenters. The van der Waals surface area contributed by atoms with E-state index in [1.807, 2.05) is 18.2 Å². The molecule has 1 N–H and O–H groups in total. The Bertz CT molecular complexity index is 924. The Morgan fingerprint density at radius 2 is 1.73 bits per heavy atom. The Kier molecular flexibility index (Phi) is 8.64. The second-order valence-corrected chi connectivity index (χ2v) is 7.03. The van der Waals surface area contributed by atoms with E-state index in [-0.39, 0.29) is 11.5 Å². The van der Waals surface area contributed by atoms with Gasteiger partial charge in [0.05, 0.1) is 6.61 Å². The van der Waals surface area contributed by atoms with Crippen LogP contribution >= 0.6 is 0 Å². The van der Waals surface area contributed by atoms with E-state index in [1.54, 1.807) is 50.5 Å². The van der Waals surface area contributed by atoms with Gasteiger partial charge in [0.15, 0.2) is 0 Å². The third kappa shape index (κ3) is 6.78. The maximum absolute atomic E-state index is 12.4. The van der Waals surface area contributed by atoms with Crippen LogP contribution in [-0.2, 0) is 4.79 Å². The molecule has 2 amide bonds. The molecule has 0 aliphatic rings. The summed E-state index contributed by atoms with van der Waals surface area (Å²) in [5.41, 5.74) is 1.74. The summed E-state index contributed by atoms with van der Waals surface area (Å²) in [7, 11) is 3.35. The highest BCUT2D eigenvalue weighted by molar-refractivity contribution is 6.09. The minimum Gasteiger partial charge on any atom is -0.494 e. The Labute approximate surface area is 177 Å². The molecule has 0 atom stereocenters. The minimum atomic E-state index is -0.510. The average Bonchev–Trinajstić information content (AvgIpc) is 2.75. The highest BCUT2D eigenvalue weighted by Gasteiger charge is 2.11. The molecule has 0 spiro atoms. The van der Waals surface area contributed by atoms with Gasteiger partial charge in [-0.05, 0) is 54.5 Å². The number of carbonyl (C=O) groups excluding carboxylic acids is 2. The molecule has 0 bridgehead atoms. The number of amides is 2. The molecule has 2 aromatic rings. The van der Waals surface area contributed by atoms with Crippen molar-refractivity contribution in [1.29, 1.82) is 5.26 Å². The molecule has 0 radical (unpaired) electrons. The summed E-state index contributed by atoms with van der Waals surface area (Å²) in [6.45, 7) is 2.82. The number of nitrogens with one attached hydrogen (secondary N) is 1. The van der Waals surface area contributed by atoms with Gasteiger partial charge in [-0.15, -0.1) is 0 Å². The van der Waals surface area contributed by atoms with Crippen molar-refractivity contribution in [2.75, 3.05) is 26.0 Å². The maximum atomic E-state index is 12.4. The highest BCUT2D eigenvalue weighted by Crippen LogP contribution is 2.17. The van der Waals surface area contributed by atoms with Crippen molar-refractivity contribution in [3.05, 3.63) is 65.2 Å². The number of ether oxygens (including phenoxy) is 1. The Morgan fingerprint density at radius 3 is 2.30 bits per heavy atom. The summed E-state index contributed by atoms with van der Waals surface area (Å²) in [6.07, 6.45) is 4.82. The Morgan fingerprint density at radius 1 is 1.07 bits per heavy atom. The van der Waals surface area contributed by atoms with E-state index in [2.05, 4.69) is 12.2 Å². The van der Waals surface area contributed by atoms with E-state index in [0.29, 0.717) is 17.9 Å². The van der Waals surface area contributed by atoms with Gasteiger partial charge < -0.3 is 15.0 Å². The summed E-state index contributed by atoms with van der Waals surface area (Å²) in [5, 5.41) is 12.1. The van der Waals surface area contributed by atoms with Crippen LogP contribution < -0.4 is 10.1 Å². The van der Waals surface area contributed by atoms with Gasteiger partial charge in [0.2, 0.25) is 0 Å². The lowest BCUT2D eigenvalue weighted by molar-refractivity contribution is -0.112. The molecule has 156 valence electrons. The lowest BCUT2D eigenvalue weighted by Gasteiger charge is -2.11. The molecule has 30 heavy (non-hydrogen) atoms. The fourth-order valence-corrected chi connectivity index (χ4v) is 2.67. The van der Waals surface area contributed by atoms with Crippen LogP contribution in [0.5, 0.6) is 5.75 Å². The summed E-state index contributed by atoms with van der Waals surface area (Å²) in [5.74, 6) is 0.130. The molecule has 0 aliphatic heterocycles. The highest BCUT2D eigenvalue weighted by atomic mass is 16.5. The maximum Gasteiger partial charge on any atom is 0.266 e. The first kappa shape index (κ1) is 22.7. The Balaban J connectivity index is 2.01. The smallest absolute Gasteiger partial charge is 0.266 e. The van der Waals surface area contributed by atoms with Crippen molar-refractivity contribution in [3.8, 4) is 11.8 Å².